The monoisotopic (exact) mass is 327 g/mol. The van der Waals surface area contributed by atoms with Crippen molar-refractivity contribution in [1.82, 2.24) is 4.57 Å². The van der Waals surface area contributed by atoms with Gasteiger partial charge < -0.3 is 15.1 Å². The molecule has 0 aliphatic carbocycles. The smallest absolute Gasteiger partial charge is 0.278 e. The standard InChI is InChI=1S/C17H14ClN3O2/c1-21-10-14(13-7-2-3-8-15(13)21)16(20-23)17(22)19-12-6-4-5-11(18)9-12/h2-10,23H,1H3,(H,19,22)/b20-16+. The summed E-state index contributed by atoms with van der Waals surface area (Å²) in [5, 5.41) is 16.6. The molecule has 0 aliphatic rings. The summed E-state index contributed by atoms with van der Waals surface area (Å²) >= 11 is 5.91. The van der Waals surface area contributed by atoms with Crippen LogP contribution in [0.25, 0.3) is 10.9 Å². The molecule has 23 heavy (non-hydrogen) atoms. The Morgan fingerprint density at radius 1 is 1.22 bits per heavy atom. The highest BCUT2D eigenvalue weighted by Gasteiger charge is 2.20. The van der Waals surface area contributed by atoms with Crippen molar-refractivity contribution in [2.45, 2.75) is 0 Å². The van der Waals surface area contributed by atoms with Crippen LogP contribution in [-0.4, -0.2) is 21.4 Å². The molecular weight excluding hydrogens is 314 g/mol. The van der Waals surface area contributed by atoms with Crippen LogP contribution in [-0.2, 0) is 11.8 Å². The highest BCUT2D eigenvalue weighted by Crippen LogP contribution is 2.22. The zero-order valence-electron chi connectivity index (χ0n) is 12.3. The van der Waals surface area contributed by atoms with Crippen molar-refractivity contribution in [3.05, 3.63) is 65.3 Å². The Labute approximate surface area is 137 Å². The number of hydrogen-bond donors (Lipinski definition) is 2. The van der Waals surface area contributed by atoms with E-state index in [4.69, 9.17) is 11.6 Å². The molecule has 0 radical (unpaired) electrons. The second kappa shape index (κ2) is 6.14. The highest BCUT2D eigenvalue weighted by molar-refractivity contribution is 6.50. The van der Waals surface area contributed by atoms with Gasteiger partial charge in [0.15, 0.2) is 5.71 Å². The lowest BCUT2D eigenvalue weighted by Crippen LogP contribution is -2.23. The normalized spacial score (nSPS) is 11.7. The van der Waals surface area contributed by atoms with Gasteiger partial charge in [-0.2, -0.15) is 0 Å². The van der Waals surface area contributed by atoms with Crippen molar-refractivity contribution in [1.29, 1.82) is 0 Å². The Bertz CT molecular complexity index is 915. The first-order chi connectivity index (χ1) is 11.1. The van der Waals surface area contributed by atoms with E-state index < -0.39 is 5.91 Å². The van der Waals surface area contributed by atoms with Gasteiger partial charge in [-0.25, -0.2) is 0 Å². The van der Waals surface area contributed by atoms with E-state index in [-0.39, 0.29) is 5.71 Å². The minimum Gasteiger partial charge on any atom is -0.410 e. The number of amides is 1. The van der Waals surface area contributed by atoms with Crippen LogP contribution in [0.4, 0.5) is 5.69 Å². The van der Waals surface area contributed by atoms with Gasteiger partial charge in [-0.05, 0) is 24.3 Å². The van der Waals surface area contributed by atoms with Crippen molar-refractivity contribution in [2.24, 2.45) is 12.2 Å². The molecule has 3 aromatic rings. The van der Waals surface area contributed by atoms with Gasteiger partial charge in [0.25, 0.3) is 5.91 Å². The van der Waals surface area contributed by atoms with E-state index in [1.54, 1.807) is 30.5 Å². The second-order valence-electron chi connectivity index (χ2n) is 5.08. The number of hydrogen-bond acceptors (Lipinski definition) is 3. The van der Waals surface area contributed by atoms with Crippen LogP contribution in [0.15, 0.2) is 59.9 Å². The van der Waals surface area contributed by atoms with Gasteiger partial charge in [-0.15, -0.1) is 0 Å². The van der Waals surface area contributed by atoms with Crippen molar-refractivity contribution < 1.29 is 10.0 Å². The molecule has 5 nitrogen and oxygen atoms in total. The summed E-state index contributed by atoms with van der Waals surface area (Å²) in [5.74, 6) is -0.508. The van der Waals surface area contributed by atoms with E-state index >= 15 is 0 Å². The van der Waals surface area contributed by atoms with Crippen LogP contribution in [0.5, 0.6) is 0 Å². The van der Waals surface area contributed by atoms with Crippen LogP contribution in [0.1, 0.15) is 5.56 Å². The summed E-state index contributed by atoms with van der Waals surface area (Å²) in [5.41, 5.74) is 1.98. The Morgan fingerprint density at radius 2 is 2.00 bits per heavy atom. The summed E-state index contributed by atoms with van der Waals surface area (Å²) in [7, 11) is 1.87. The number of oxime groups is 1. The zero-order valence-corrected chi connectivity index (χ0v) is 13.1. The molecule has 1 heterocycles. The number of aryl methyl sites for hydroxylation is 1. The van der Waals surface area contributed by atoms with Crippen LogP contribution >= 0.6 is 11.6 Å². The molecule has 0 fully saturated rings. The number of fused-ring (bicyclic) bond motifs is 1. The maximum absolute atomic E-state index is 12.5. The Kier molecular flexibility index (Phi) is 4.04. The quantitative estimate of drug-likeness (QED) is 0.438. The third kappa shape index (κ3) is 2.91. The fourth-order valence-corrected chi connectivity index (χ4v) is 2.70. The van der Waals surface area contributed by atoms with Gasteiger partial charge in [0.05, 0.1) is 0 Å². The van der Waals surface area contributed by atoms with Gasteiger partial charge in [0.2, 0.25) is 0 Å². The molecule has 0 saturated heterocycles. The second-order valence-corrected chi connectivity index (χ2v) is 5.52. The van der Waals surface area contributed by atoms with Gasteiger partial charge in [-0.1, -0.05) is 41.0 Å². The Morgan fingerprint density at radius 3 is 2.74 bits per heavy atom. The summed E-state index contributed by atoms with van der Waals surface area (Å²) in [6, 6.07) is 14.4. The third-order valence-corrected chi connectivity index (χ3v) is 3.78. The Hall–Kier alpha value is -2.79. The topological polar surface area (TPSA) is 66.6 Å². The number of nitrogens with zero attached hydrogens (tertiary/aromatic N) is 2. The molecule has 1 amide bonds. The highest BCUT2D eigenvalue weighted by atomic mass is 35.5. The molecule has 0 bridgehead atoms. The molecule has 2 aromatic carbocycles. The predicted octanol–water partition coefficient (Wildman–Crippen LogP) is 3.65. The minimum atomic E-state index is -0.508. The van der Waals surface area contributed by atoms with E-state index in [1.807, 2.05) is 35.9 Å². The van der Waals surface area contributed by atoms with Gasteiger partial charge >= 0.3 is 0 Å². The molecule has 2 N–H and O–H groups in total. The molecule has 0 atom stereocenters. The van der Waals surface area contributed by atoms with E-state index in [1.165, 1.54) is 0 Å². The van der Waals surface area contributed by atoms with E-state index in [0.717, 1.165) is 10.9 Å². The number of nitrogens with one attached hydrogen (secondary N) is 1. The number of carbonyl (C=O) groups is 1. The SMILES string of the molecule is Cn1cc(/C(=N\O)C(=O)Nc2cccc(Cl)c2)c2ccccc21. The van der Waals surface area contributed by atoms with Gasteiger partial charge in [0.1, 0.15) is 0 Å². The molecule has 0 saturated carbocycles. The molecule has 3 rings (SSSR count). The third-order valence-electron chi connectivity index (χ3n) is 3.55. The molecule has 116 valence electrons. The van der Waals surface area contributed by atoms with Crippen LogP contribution in [0.2, 0.25) is 5.02 Å². The van der Waals surface area contributed by atoms with E-state index in [9.17, 15) is 10.0 Å². The lowest BCUT2D eigenvalue weighted by atomic mass is 10.1. The molecule has 1 aromatic heterocycles. The molecule has 0 unspecified atom stereocenters. The molecule has 6 heteroatoms. The number of benzene rings is 2. The number of halogens is 1. The lowest BCUT2D eigenvalue weighted by Gasteiger charge is -2.06. The molecular formula is C17H14ClN3O2. The van der Waals surface area contributed by atoms with Crippen molar-refractivity contribution in [3.8, 4) is 0 Å². The molecule has 0 spiro atoms. The van der Waals surface area contributed by atoms with Crippen molar-refractivity contribution in [2.75, 3.05) is 5.32 Å². The number of aromatic nitrogens is 1. The summed E-state index contributed by atoms with van der Waals surface area (Å²) < 4.78 is 1.88. The van der Waals surface area contributed by atoms with Gasteiger partial charge in [-0.3, -0.25) is 4.79 Å². The number of carbonyl (C=O) groups excluding carboxylic acids is 1. The summed E-state index contributed by atoms with van der Waals surface area (Å²) in [6.07, 6.45) is 1.76. The van der Waals surface area contributed by atoms with Crippen molar-refractivity contribution in [3.63, 3.8) is 0 Å². The maximum Gasteiger partial charge on any atom is 0.278 e. The maximum atomic E-state index is 12.5. The van der Waals surface area contributed by atoms with Crippen molar-refractivity contribution >= 4 is 39.8 Å². The summed E-state index contributed by atoms with van der Waals surface area (Å²) in [4.78, 5) is 12.5. The fraction of sp³-hybridized carbons (Fsp3) is 0.0588. The largest absolute Gasteiger partial charge is 0.410 e. The van der Waals surface area contributed by atoms with Crippen LogP contribution in [0.3, 0.4) is 0 Å². The Balaban J connectivity index is 1.97. The minimum absolute atomic E-state index is 0.0539. The predicted molar refractivity (Wildman–Crippen MR) is 91.3 cm³/mol. The van der Waals surface area contributed by atoms with Gasteiger partial charge in [0, 0.05) is 40.4 Å². The van der Waals surface area contributed by atoms with Crippen LogP contribution < -0.4 is 5.32 Å². The zero-order chi connectivity index (χ0) is 16.4. The number of para-hydroxylation sites is 1. The molecule has 0 aliphatic heterocycles. The van der Waals surface area contributed by atoms with Crippen LogP contribution in [0, 0.1) is 0 Å². The summed E-state index contributed by atoms with van der Waals surface area (Å²) in [6.45, 7) is 0. The van der Waals surface area contributed by atoms with E-state index in [2.05, 4.69) is 10.5 Å². The first-order valence-electron chi connectivity index (χ1n) is 6.93. The first kappa shape index (κ1) is 15.1. The first-order valence-corrected chi connectivity index (χ1v) is 7.31. The fourth-order valence-electron chi connectivity index (χ4n) is 2.51. The lowest BCUT2D eigenvalue weighted by molar-refractivity contribution is -0.110. The average Bonchev–Trinajstić information content (AvgIpc) is 2.86. The number of rotatable bonds is 3. The van der Waals surface area contributed by atoms with E-state index in [0.29, 0.717) is 16.3 Å². The number of anilines is 1. The average molecular weight is 328 g/mol.